The molecule has 2 aliphatic carbocycles. The highest BCUT2D eigenvalue weighted by Crippen LogP contribution is 2.46. The third-order valence-corrected chi connectivity index (χ3v) is 18.5. The van der Waals surface area contributed by atoms with Gasteiger partial charge >= 0.3 is 6.03 Å². The van der Waals surface area contributed by atoms with Crippen LogP contribution in [0.1, 0.15) is 100 Å². The number of nitrogens with zero attached hydrogens (tertiary/aromatic N) is 2. The van der Waals surface area contributed by atoms with E-state index in [1.54, 1.807) is 14.0 Å². The Morgan fingerprint density at radius 2 is 1.81 bits per heavy atom. The first-order chi connectivity index (χ1) is 22.4. The van der Waals surface area contributed by atoms with Crippen molar-refractivity contribution in [2.24, 2.45) is 10.3 Å². The van der Waals surface area contributed by atoms with Crippen LogP contribution in [-0.2, 0) is 32.8 Å². The lowest BCUT2D eigenvalue weighted by Gasteiger charge is -2.38. The lowest BCUT2D eigenvalue weighted by molar-refractivity contribution is 0.00244. The molecule has 0 saturated heterocycles. The molecule has 3 N–H and O–H groups in total. The predicted octanol–water partition coefficient (Wildman–Crippen LogP) is 8.71. The van der Waals surface area contributed by atoms with Crippen molar-refractivity contribution in [3.05, 3.63) is 69.9 Å². The number of carbonyl (C=O) groups is 1. The van der Waals surface area contributed by atoms with Gasteiger partial charge in [-0.25, -0.2) is 18.7 Å². The monoisotopic (exact) mass is 712 g/mol. The molecule has 1 fully saturated rings. The number of aliphatic hydroxyl groups is 1. The quantitative estimate of drug-likeness (QED) is 0.162. The second-order valence-corrected chi connectivity index (χ2v) is 23.1. The van der Waals surface area contributed by atoms with Crippen LogP contribution in [0.25, 0.3) is 0 Å². The molecule has 0 spiro atoms. The van der Waals surface area contributed by atoms with Gasteiger partial charge in [-0.05, 0) is 110 Å². The predicted molar refractivity (Wildman–Crippen MR) is 197 cm³/mol. The number of ether oxygens (including phenoxy) is 1. The molecule has 2 aliphatic rings. The van der Waals surface area contributed by atoms with Gasteiger partial charge in [0.15, 0.2) is 18.2 Å². The largest absolute Gasteiger partial charge is 0.497 e. The highest BCUT2D eigenvalue weighted by molar-refractivity contribution is 7.94. The van der Waals surface area contributed by atoms with Crippen LogP contribution in [0.3, 0.4) is 0 Å². The average molecular weight is 713 g/mol. The number of fused-ring (bicyclic) bond motifs is 1. The molecule has 0 aliphatic heterocycles. The molecule has 0 bridgehead atoms. The van der Waals surface area contributed by atoms with Gasteiger partial charge in [0.05, 0.1) is 19.9 Å². The van der Waals surface area contributed by atoms with Crippen molar-refractivity contribution < 1.29 is 23.3 Å². The maximum absolute atomic E-state index is 15.0. The summed E-state index contributed by atoms with van der Waals surface area (Å²) in [6.07, 6.45) is 6.74. The number of hydrogen-bond donors (Lipinski definition) is 3. The number of anilines is 1. The van der Waals surface area contributed by atoms with E-state index < -0.39 is 35.9 Å². The van der Waals surface area contributed by atoms with E-state index in [1.165, 1.54) is 24.6 Å². The highest BCUT2D eigenvalue weighted by Gasteiger charge is 2.40. The minimum absolute atomic E-state index is 0.0333. The van der Waals surface area contributed by atoms with Gasteiger partial charge in [0.25, 0.3) is 0 Å². The summed E-state index contributed by atoms with van der Waals surface area (Å²) in [5, 5.41) is 14.9. The molecule has 12 heteroatoms. The summed E-state index contributed by atoms with van der Waals surface area (Å²) in [5.41, 5.74) is 3.76. The van der Waals surface area contributed by atoms with Gasteiger partial charge in [-0.2, -0.15) is 0 Å². The van der Waals surface area contributed by atoms with Gasteiger partial charge in [-0.15, -0.1) is 15.7 Å². The van der Waals surface area contributed by atoms with Crippen molar-refractivity contribution >= 4 is 41.3 Å². The molecule has 1 heterocycles. The first-order valence-electron chi connectivity index (χ1n) is 16.9. The summed E-state index contributed by atoms with van der Waals surface area (Å²) >= 11 is 1.08. The first-order valence-corrected chi connectivity index (χ1v) is 22.1. The Kier molecular flexibility index (Phi) is 10.7. The zero-order valence-electron chi connectivity index (χ0n) is 29.8. The number of amides is 2. The number of thiazole rings is 1. The third-order valence-electron chi connectivity index (χ3n) is 10.3. The normalized spacial score (nSPS) is 18.7. The molecule has 1 unspecified atom stereocenters. The SMILES string of the molecule is COc1ccc([C@H](C)NS(=O)(=NC(=O)Nc2c([C@H](C)C3CC3)ccc3c2CCC3)c2cnc([C@@](C)(O)CO[Si](C)(C)C(C)(C)C)s2)cc1. The number of carbonyl (C=O) groups excluding carboxylic acids is 1. The van der Waals surface area contributed by atoms with E-state index in [1.807, 2.05) is 31.2 Å². The number of benzene rings is 2. The van der Waals surface area contributed by atoms with Gasteiger partial charge in [-0.3, -0.25) is 0 Å². The number of rotatable bonds is 12. The maximum atomic E-state index is 15.0. The summed E-state index contributed by atoms with van der Waals surface area (Å²) in [7, 11) is -4.12. The average Bonchev–Trinajstić information content (AvgIpc) is 3.52. The number of aromatic nitrogens is 1. The van der Waals surface area contributed by atoms with Crippen LogP contribution in [0.5, 0.6) is 5.75 Å². The van der Waals surface area contributed by atoms with Gasteiger partial charge in [0.2, 0.25) is 0 Å². The van der Waals surface area contributed by atoms with Crippen molar-refractivity contribution in [3.63, 3.8) is 0 Å². The minimum atomic E-state index is -3.56. The van der Waals surface area contributed by atoms with E-state index in [-0.39, 0.29) is 15.9 Å². The van der Waals surface area contributed by atoms with Crippen LogP contribution in [-0.4, -0.2) is 42.4 Å². The zero-order chi connectivity index (χ0) is 35.1. The molecule has 4 atom stereocenters. The second-order valence-electron chi connectivity index (χ2n) is 15.1. The Bertz CT molecular complexity index is 1750. The van der Waals surface area contributed by atoms with E-state index >= 15 is 0 Å². The van der Waals surface area contributed by atoms with Crippen LogP contribution >= 0.6 is 11.3 Å². The van der Waals surface area contributed by atoms with Crippen LogP contribution in [0.4, 0.5) is 10.5 Å². The standard InChI is InChI=1S/C36H52N4O5S2Si/c1-23(25-13-14-25)29-20-17-27-11-10-12-30(27)32(29)38-34(41)40-47(43,39-24(2)26-15-18-28(44-7)19-16-26)31-21-37-33(46-31)36(6,42)22-45-48(8,9)35(3,4)5/h15-21,23-25,42H,10-14,22H2,1-9H3,(H2,38,39,40,41,43)/t23-,24+,36+,47?/m1/s1. The Balaban J connectivity index is 1.49. The van der Waals surface area contributed by atoms with Crippen molar-refractivity contribution in [3.8, 4) is 5.75 Å². The summed E-state index contributed by atoms with van der Waals surface area (Å²) < 4.78 is 34.4. The van der Waals surface area contributed by atoms with E-state index in [0.29, 0.717) is 22.6 Å². The van der Waals surface area contributed by atoms with Crippen molar-refractivity contribution in [2.75, 3.05) is 19.0 Å². The molecule has 5 rings (SSSR count). The highest BCUT2D eigenvalue weighted by atomic mass is 32.2. The molecular weight excluding hydrogens is 661 g/mol. The van der Waals surface area contributed by atoms with Crippen molar-refractivity contribution in [2.45, 2.75) is 114 Å². The van der Waals surface area contributed by atoms with Gasteiger partial charge in [-0.1, -0.05) is 52.0 Å². The van der Waals surface area contributed by atoms with E-state index in [0.717, 1.165) is 53.0 Å². The van der Waals surface area contributed by atoms with Crippen molar-refractivity contribution in [1.82, 2.24) is 9.71 Å². The number of nitrogens with one attached hydrogen (secondary N) is 2. The fourth-order valence-electron chi connectivity index (χ4n) is 5.87. The molecule has 1 aromatic heterocycles. The zero-order valence-corrected chi connectivity index (χ0v) is 32.4. The smallest absolute Gasteiger partial charge is 0.354 e. The summed E-state index contributed by atoms with van der Waals surface area (Å²) in [4.78, 5) is 18.4. The Hall–Kier alpha value is -2.61. The first kappa shape index (κ1) is 36.7. The topological polar surface area (TPSA) is 122 Å². The number of urea groups is 1. The van der Waals surface area contributed by atoms with Crippen LogP contribution in [0.15, 0.2) is 51.2 Å². The summed E-state index contributed by atoms with van der Waals surface area (Å²) in [6.45, 7) is 16.5. The van der Waals surface area contributed by atoms with Crippen LogP contribution in [0, 0.1) is 5.92 Å². The molecule has 3 aromatic rings. The summed E-state index contributed by atoms with van der Waals surface area (Å²) in [5.74, 6) is 1.62. The van der Waals surface area contributed by atoms with Crippen LogP contribution < -0.4 is 14.8 Å². The Labute approximate surface area is 291 Å². The fraction of sp³-hybridized carbons (Fsp3) is 0.556. The molecular formula is C36H52N4O5S2Si. The number of methoxy groups -OCH3 is 1. The van der Waals surface area contributed by atoms with Gasteiger partial charge in [0, 0.05) is 11.7 Å². The molecule has 9 nitrogen and oxygen atoms in total. The molecule has 0 radical (unpaired) electrons. The van der Waals surface area contributed by atoms with Gasteiger partial charge in [0.1, 0.15) is 20.6 Å². The maximum Gasteiger partial charge on any atom is 0.354 e. The van der Waals surface area contributed by atoms with E-state index in [9.17, 15) is 14.1 Å². The van der Waals surface area contributed by atoms with E-state index in [4.69, 9.17) is 9.16 Å². The molecule has 2 aromatic carbocycles. The van der Waals surface area contributed by atoms with E-state index in [2.05, 4.69) is 72.3 Å². The molecule has 48 heavy (non-hydrogen) atoms. The lowest BCUT2D eigenvalue weighted by atomic mass is 9.91. The molecule has 1 saturated carbocycles. The number of hydrogen-bond acceptors (Lipinski definition) is 7. The van der Waals surface area contributed by atoms with Crippen LogP contribution in [0.2, 0.25) is 18.1 Å². The third kappa shape index (κ3) is 8.05. The molecule has 2 amide bonds. The Morgan fingerprint density at radius 1 is 1.12 bits per heavy atom. The fourth-order valence-corrected chi connectivity index (χ4v) is 9.92. The summed E-state index contributed by atoms with van der Waals surface area (Å²) in [6, 6.07) is 10.7. The Morgan fingerprint density at radius 3 is 2.44 bits per heavy atom. The van der Waals surface area contributed by atoms with Gasteiger partial charge < -0.3 is 19.6 Å². The minimum Gasteiger partial charge on any atom is -0.497 e. The van der Waals surface area contributed by atoms with Crippen molar-refractivity contribution in [1.29, 1.82) is 0 Å². The second kappa shape index (κ2) is 14.0. The molecule has 262 valence electrons. The number of aryl methyl sites for hydroxylation is 1. The lowest BCUT2D eigenvalue weighted by Crippen LogP contribution is -2.44.